The van der Waals surface area contributed by atoms with Crippen LogP contribution in [0.1, 0.15) is 36.2 Å². The Labute approximate surface area is 215 Å². The second-order valence-electron chi connectivity index (χ2n) is 9.59. The number of methoxy groups -OCH3 is 1. The Bertz CT molecular complexity index is 1520. The van der Waals surface area contributed by atoms with Crippen LogP contribution in [0.4, 0.5) is 5.69 Å². The van der Waals surface area contributed by atoms with Crippen LogP contribution in [0, 0.1) is 13.8 Å². The molecular formula is C28H31N5O4. The molecule has 0 aliphatic heterocycles. The topological polar surface area (TPSA) is 111 Å². The lowest BCUT2D eigenvalue weighted by atomic mass is 9.97. The Kier molecular flexibility index (Phi) is 7.11. The van der Waals surface area contributed by atoms with Crippen molar-refractivity contribution < 1.29 is 14.6 Å². The van der Waals surface area contributed by atoms with Crippen molar-refractivity contribution in [2.24, 2.45) is 0 Å². The number of rotatable bonds is 8. The number of aryl methyl sites for hydroxylation is 1. The minimum atomic E-state index is -0.991. The smallest absolute Gasteiger partial charge is 0.283 e. The number of fused-ring (bicyclic) bond motifs is 1. The van der Waals surface area contributed by atoms with E-state index in [0.29, 0.717) is 33.9 Å². The summed E-state index contributed by atoms with van der Waals surface area (Å²) in [5.74, 6) is 0.276. The molecule has 0 fully saturated rings. The van der Waals surface area contributed by atoms with Gasteiger partial charge in [0.2, 0.25) is 11.7 Å². The molecule has 0 aliphatic carbocycles. The van der Waals surface area contributed by atoms with E-state index in [1.54, 1.807) is 49.6 Å². The number of hydrogen-bond donors (Lipinski definition) is 2. The van der Waals surface area contributed by atoms with E-state index >= 15 is 0 Å². The van der Waals surface area contributed by atoms with Gasteiger partial charge in [-0.25, -0.2) is 0 Å². The van der Waals surface area contributed by atoms with Gasteiger partial charge in [-0.15, -0.1) is 5.10 Å². The van der Waals surface area contributed by atoms with Gasteiger partial charge in [0.15, 0.2) is 5.82 Å². The van der Waals surface area contributed by atoms with Crippen LogP contribution in [0.15, 0.2) is 59.9 Å². The number of nitrogens with one attached hydrogen (secondary N) is 1. The number of aliphatic hydroxyl groups is 1. The van der Waals surface area contributed by atoms with Crippen molar-refractivity contribution in [3.05, 3.63) is 87.8 Å². The second-order valence-corrected chi connectivity index (χ2v) is 9.59. The zero-order valence-electron chi connectivity index (χ0n) is 21.7. The minimum absolute atomic E-state index is 0.0907. The van der Waals surface area contributed by atoms with Crippen molar-refractivity contribution in [3.8, 4) is 11.4 Å². The first-order valence-electron chi connectivity index (χ1n) is 11.9. The lowest BCUT2D eigenvalue weighted by molar-refractivity contribution is -0.116. The van der Waals surface area contributed by atoms with Crippen LogP contribution in [-0.2, 0) is 21.7 Å². The van der Waals surface area contributed by atoms with Crippen molar-refractivity contribution in [3.63, 3.8) is 0 Å². The third-order valence-electron chi connectivity index (χ3n) is 6.16. The zero-order valence-corrected chi connectivity index (χ0v) is 21.7. The molecule has 0 saturated carbocycles. The van der Waals surface area contributed by atoms with E-state index in [2.05, 4.69) is 22.0 Å². The van der Waals surface area contributed by atoms with Crippen LogP contribution in [0.25, 0.3) is 22.7 Å². The van der Waals surface area contributed by atoms with Crippen molar-refractivity contribution in [2.45, 2.75) is 39.8 Å². The molecule has 9 heteroatoms. The van der Waals surface area contributed by atoms with E-state index in [-0.39, 0.29) is 24.8 Å². The summed E-state index contributed by atoms with van der Waals surface area (Å²) in [6.07, 6.45) is 0. The predicted molar refractivity (Wildman–Crippen MR) is 143 cm³/mol. The van der Waals surface area contributed by atoms with Crippen molar-refractivity contribution in [1.82, 2.24) is 19.2 Å². The molecule has 192 valence electrons. The van der Waals surface area contributed by atoms with Crippen LogP contribution in [-0.4, -0.2) is 43.9 Å². The van der Waals surface area contributed by atoms with Gasteiger partial charge in [-0.05, 0) is 51.0 Å². The van der Waals surface area contributed by atoms with E-state index < -0.39 is 11.2 Å². The van der Waals surface area contributed by atoms with E-state index in [1.807, 2.05) is 31.2 Å². The molecule has 0 aliphatic rings. The molecule has 0 bridgehead atoms. The summed E-state index contributed by atoms with van der Waals surface area (Å²) >= 11 is 0. The Hall–Kier alpha value is -4.08. The Balaban J connectivity index is 1.81. The lowest BCUT2D eigenvalue weighted by Crippen LogP contribution is -2.29. The summed E-state index contributed by atoms with van der Waals surface area (Å²) in [4.78, 5) is 31.1. The van der Waals surface area contributed by atoms with Gasteiger partial charge < -0.3 is 19.7 Å². The first-order valence-corrected chi connectivity index (χ1v) is 11.9. The summed E-state index contributed by atoms with van der Waals surface area (Å²) in [5, 5.41) is 17.6. The quantitative estimate of drug-likeness (QED) is 0.381. The van der Waals surface area contributed by atoms with Crippen molar-refractivity contribution in [2.75, 3.05) is 19.0 Å². The van der Waals surface area contributed by atoms with E-state index in [0.717, 1.165) is 11.1 Å². The zero-order chi connectivity index (χ0) is 26.9. The van der Waals surface area contributed by atoms with Gasteiger partial charge in [-0.3, -0.25) is 9.59 Å². The van der Waals surface area contributed by atoms with Crippen molar-refractivity contribution >= 4 is 22.9 Å². The predicted octanol–water partition coefficient (Wildman–Crippen LogP) is 3.70. The average Bonchev–Trinajstić information content (AvgIpc) is 3.29. The molecule has 0 atom stereocenters. The average molecular weight is 502 g/mol. The summed E-state index contributed by atoms with van der Waals surface area (Å²) in [6.45, 7) is 11.2. The first kappa shape index (κ1) is 26.0. The molecule has 4 aromatic rings. The highest BCUT2D eigenvalue weighted by Gasteiger charge is 2.22. The monoisotopic (exact) mass is 501 g/mol. The van der Waals surface area contributed by atoms with Crippen LogP contribution in [0.2, 0.25) is 0 Å². The van der Waals surface area contributed by atoms with Gasteiger partial charge in [0.1, 0.15) is 6.54 Å². The van der Waals surface area contributed by atoms with Crippen molar-refractivity contribution in [1.29, 1.82) is 0 Å². The number of hydrogen-bond acceptors (Lipinski definition) is 6. The highest BCUT2D eigenvalue weighted by molar-refractivity contribution is 5.91. The van der Waals surface area contributed by atoms with E-state index in [1.165, 1.54) is 11.6 Å². The Morgan fingerprint density at radius 1 is 1.11 bits per heavy atom. The number of anilines is 1. The maximum Gasteiger partial charge on any atom is 0.283 e. The molecule has 0 spiro atoms. The summed E-state index contributed by atoms with van der Waals surface area (Å²) < 4.78 is 8.06. The van der Waals surface area contributed by atoms with Gasteiger partial charge in [0.05, 0.1) is 17.8 Å². The third-order valence-corrected chi connectivity index (χ3v) is 6.16. The lowest BCUT2D eigenvalue weighted by Gasteiger charge is -2.17. The number of benzene rings is 2. The summed E-state index contributed by atoms with van der Waals surface area (Å²) in [7, 11) is 1.53. The molecule has 2 N–H and O–H groups in total. The number of ether oxygens (including phenoxy) is 1. The molecule has 37 heavy (non-hydrogen) atoms. The Morgan fingerprint density at radius 3 is 2.35 bits per heavy atom. The molecule has 1 amide bonds. The third kappa shape index (κ3) is 5.37. The molecule has 0 saturated heterocycles. The van der Waals surface area contributed by atoms with Gasteiger partial charge in [-0.2, -0.15) is 9.50 Å². The Morgan fingerprint density at radius 2 is 1.76 bits per heavy atom. The normalized spacial score (nSPS) is 11.6. The van der Waals surface area contributed by atoms with Gasteiger partial charge >= 0.3 is 0 Å². The number of nitrogens with zero attached hydrogens (tertiary/aromatic N) is 4. The maximum atomic E-state index is 13.5. The number of aromatic nitrogens is 4. The first-order chi connectivity index (χ1) is 17.5. The molecular weight excluding hydrogens is 470 g/mol. The molecule has 4 rings (SSSR count). The maximum absolute atomic E-state index is 13.5. The molecule has 0 unspecified atom stereocenters. The molecule has 2 aromatic heterocycles. The highest BCUT2D eigenvalue weighted by atomic mass is 16.5. The summed E-state index contributed by atoms with van der Waals surface area (Å²) in [5.41, 5.74) is 3.12. The second kappa shape index (κ2) is 10.1. The van der Waals surface area contributed by atoms with E-state index in [4.69, 9.17) is 4.74 Å². The fourth-order valence-corrected chi connectivity index (χ4v) is 4.13. The van der Waals surface area contributed by atoms with Crippen LogP contribution < -0.4 is 10.9 Å². The fourth-order valence-electron chi connectivity index (χ4n) is 4.13. The SMILES string of the molecule is C=C(COC)c1c(C)n(CC(=O)Nc2ccc(C)cc2)c2nc(-c3ccc(C(C)(C)O)cc3)nn2c1=O. The number of carbonyl (C=O) groups is 1. The van der Waals surface area contributed by atoms with Gasteiger partial charge in [0, 0.05) is 24.1 Å². The molecule has 9 nitrogen and oxygen atoms in total. The van der Waals surface area contributed by atoms with Crippen LogP contribution in [0.3, 0.4) is 0 Å². The largest absolute Gasteiger partial charge is 0.386 e. The van der Waals surface area contributed by atoms with E-state index in [9.17, 15) is 14.7 Å². The fraction of sp³-hybridized carbons (Fsp3) is 0.286. The molecule has 2 heterocycles. The molecule has 0 radical (unpaired) electrons. The highest BCUT2D eigenvalue weighted by Crippen LogP contribution is 2.24. The van der Waals surface area contributed by atoms with Gasteiger partial charge in [-0.1, -0.05) is 48.5 Å². The molecule has 2 aromatic carbocycles. The van der Waals surface area contributed by atoms with Crippen LogP contribution >= 0.6 is 0 Å². The van der Waals surface area contributed by atoms with Gasteiger partial charge in [0.25, 0.3) is 5.56 Å². The number of carbonyl (C=O) groups excluding carboxylic acids is 1. The standard InChI is InChI=1S/C28H31N5O4/c1-17-7-13-22(14-8-17)29-23(34)15-32-19(3)24(18(2)16-37-6)26(35)33-27(32)30-25(31-33)20-9-11-21(12-10-20)28(4,5)36/h7-14,36H,2,15-16H2,1,3-6H3,(H,29,34). The minimum Gasteiger partial charge on any atom is -0.386 e. The van der Waals surface area contributed by atoms with Crippen LogP contribution in [0.5, 0.6) is 0 Å². The number of amides is 1. The summed E-state index contributed by atoms with van der Waals surface area (Å²) in [6, 6.07) is 14.7.